The fourth-order valence-electron chi connectivity index (χ4n) is 1.53. The Balaban J connectivity index is 2.33. The Morgan fingerprint density at radius 3 is 3.06 bits per heavy atom. The topological polar surface area (TPSA) is 64.7 Å². The van der Waals surface area contributed by atoms with E-state index in [0.717, 1.165) is 22.6 Å². The molecule has 1 aliphatic heterocycles. The van der Waals surface area contributed by atoms with Crippen LogP contribution in [0, 0.1) is 10.1 Å². The van der Waals surface area contributed by atoms with Crippen LogP contribution < -0.4 is 4.74 Å². The second-order valence-corrected chi connectivity index (χ2v) is 3.32. The van der Waals surface area contributed by atoms with Crippen LogP contribution in [0.4, 0.5) is 5.69 Å². The largest absolute Gasteiger partial charge is 0.497 e. The molecular formula is C11H10N2O3. The van der Waals surface area contributed by atoms with Gasteiger partial charge in [0.05, 0.1) is 12.8 Å². The van der Waals surface area contributed by atoms with Crippen molar-refractivity contribution in [3.05, 3.63) is 40.0 Å². The first-order chi connectivity index (χ1) is 7.70. The van der Waals surface area contributed by atoms with Gasteiger partial charge in [0.1, 0.15) is 5.75 Å². The second kappa shape index (κ2) is 4.14. The van der Waals surface area contributed by atoms with E-state index in [4.69, 9.17) is 4.74 Å². The predicted molar refractivity (Wildman–Crippen MR) is 61.0 cm³/mol. The van der Waals surface area contributed by atoms with Crippen molar-refractivity contribution in [3.63, 3.8) is 0 Å². The first-order valence-electron chi connectivity index (χ1n) is 4.75. The summed E-state index contributed by atoms with van der Waals surface area (Å²) < 4.78 is 5.10. The van der Waals surface area contributed by atoms with Crippen molar-refractivity contribution >= 4 is 17.5 Å². The van der Waals surface area contributed by atoms with Gasteiger partial charge >= 0.3 is 0 Å². The van der Waals surface area contributed by atoms with E-state index >= 15 is 0 Å². The highest BCUT2D eigenvalue weighted by atomic mass is 16.6. The molecule has 16 heavy (non-hydrogen) atoms. The van der Waals surface area contributed by atoms with Gasteiger partial charge in [0.15, 0.2) is 0 Å². The number of allylic oxidation sites excluding steroid dienone is 1. The Bertz CT molecular complexity index is 492. The molecule has 1 heterocycles. The Labute approximate surface area is 92.2 Å². The van der Waals surface area contributed by atoms with E-state index in [2.05, 4.69) is 4.99 Å². The molecule has 0 amide bonds. The van der Waals surface area contributed by atoms with Crippen molar-refractivity contribution in [1.82, 2.24) is 0 Å². The molecule has 0 bridgehead atoms. The summed E-state index contributed by atoms with van der Waals surface area (Å²) in [5.74, 6) is 0.719. The maximum absolute atomic E-state index is 10.3. The lowest BCUT2D eigenvalue weighted by Gasteiger charge is -2.03. The van der Waals surface area contributed by atoms with Crippen molar-refractivity contribution in [3.8, 4) is 5.75 Å². The number of hydrogen-bond donors (Lipinski definition) is 0. The lowest BCUT2D eigenvalue weighted by molar-refractivity contribution is -0.468. The molecule has 0 saturated carbocycles. The van der Waals surface area contributed by atoms with E-state index in [-0.39, 0.29) is 11.5 Å². The van der Waals surface area contributed by atoms with Gasteiger partial charge in [-0.05, 0) is 24.3 Å². The molecule has 0 radical (unpaired) electrons. The molecule has 1 aromatic rings. The number of nitro groups is 1. The van der Waals surface area contributed by atoms with Crippen LogP contribution in [-0.4, -0.2) is 24.8 Å². The molecule has 5 heteroatoms. The number of hydrogen-bond acceptors (Lipinski definition) is 4. The van der Waals surface area contributed by atoms with Crippen molar-refractivity contribution in [2.45, 2.75) is 0 Å². The zero-order valence-electron chi connectivity index (χ0n) is 8.71. The minimum atomic E-state index is -0.376. The quantitative estimate of drug-likeness (QED) is 0.576. The van der Waals surface area contributed by atoms with E-state index in [1.807, 2.05) is 18.2 Å². The summed E-state index contributed by atoms with van der Waals surface area (Å²) in [6, 6.07) is 5.47. The minimum Gasteiger partial charge on any atom is -0.497 e. The lowest BCUT2D eigenvalue weighted by Crippen LogP contribution is -1.97. The van der Waals surface area contributed by atoms with Crippen LogP contribution in [0.2, 0.25) is 0 Å². The molecule has 0 aliphatic carbocycles. The molecular weight excluding hydrogens is 208 g/mol. The maximum atomic E-state index is 10.3. The summed E-state index contributed by atoms with van der Waals surface area (Å²) in [4.78, 5) is 14.1. The van der Waals surface area contributed by atoms with E-state index in [1.54, 1.807) is 19.4 Å². The molecule has 0 spiro atoms. The van der Waals surface area contributed by atoms with Crippen molar-refractivity contribution in [2.75, 3.05) is 13.7 Å². The smallest absolute Gasteiger partial charge is 0.223 e. The second-order valence-electron chi connectivity index (χ2n) is 3.32. The van der Waals surface area contributed by atoms with Gasteiger partial charge in [-0.1, -0.05) is 0 Å². The molecule has 1 aliphatic rings. The molecule has 82 valence electrons. The SMILES string of the molecule is COc1ccc2c(c1)C(=CC[N+](=O)[O-])C=N2. The summed E-state index contributed by atoms with van der Waals surface area (Å²) >= 11 is 0. The molecule has 0 fully saturated rings. The molecule has 0 atom stereocenters. The van der Waals surface area contributed by atoms with Gasteiger partial charge in [-0.3, -0.25) is 15.1 Å². The number of rotatable bonds is 3. The number of nitrogens with zero attached hydrogens (tertiary/aromatic N) is 2. The zero-order chi connectivity index (χ0) is 11.5. The van der Waals surface area contributed by atoms with Crippen LogP contribution in [0.1, 0.15) is 5.56 Å². The van der Waals surface area contributed by atoms with Crippen LogP contribution in [0.25, 0.3) is 5.57 Å². The van der Waals surface area contributed by atoms with Gasteiger partial charge in [0.2, 0.25) is 6.54 Å². The van der Waals surface area contributed by atoms with Crippen LogP contribution in [0.5, 0.6) is 5.75 Å². The normalized spacial score (nSPS) is 15.2. The van der Waals surface area contributed by atoms with Crippen LogP contribution >= 0.6 is 0 Å². The van der Waals surface area contributed by atoms with E-state index in [0.29, 0.717) is 0 Å². The third kappa shape index (κ3) is 1.93. The van der Waals surface area contributed by atoms with Gasteiger partial charge in [-0.25, -0.2) is 0 Å². The number of benzene rings is 1. The van der Waals surface area contributed by atoms with Crippen molar-refractivity contribution in [1.29, 1.82) is 0 Å². The number of ether oxygens (including phenoxy) is 1. The molecule has 0 unspecified atom stereocenters. The van der Waals surface area contributed by atoms with E-state index in [9.17, 15) is 10.1 Å². The summed E-state index contributed by atoms with van der Waals surface area (Å²) in [7, 11) is 1.58. The third-order valence-electron chi connectivity index (χ3n) is 2.32. The highest BCUT2D eigenvalue weighted by Gasteiger charge is 2.13. The van der Waals surface area contributed by atoms with Crippen LogP contribution in [-0.2, 0) is 0 Å². The monoisotopic (exact) mass is 218 g/mol. The summed E-state index contributed by atoms with van der Waals surface area (Å²) in [5.41, 5.74) is 2.46. The first kappa shape index (κ1) is 10.4. The average molecular weight is 218 g/mol. The number of aliphatic imine (C=N–C) groups is 1. The van der Waals surface area contributed by atoms with Gasteiger partial charge in [0.25, 0.3) is 0 Å². The molecule has 0 N–H and O–H groups in total. The predicted octanol–water partition coefficient (Wildman–Crippen LogP) is 2.07. The zero-order valence-corrected chi connectivity index (χ0v) is 8.71. The first-order valence-corrected chi connectivity index (χ1v) is 4.75. The third-order valence-corrected chi connectivity index (χ3v) is 2.32. The highest BCUT2D eigenvalue weighted by molar-refractivity contribution is 6.16. The molecule has 5 nitrogen and oxygen atoms in total. The standard InChI is InChI=1S/C11H10N2O3/c1-16-9-2-3-11-10(6-9)8(7-12-11)4-5-13(14)15/h2-4,6-7H,5H2,1H3. The van der Waals surface area contributed by atoms with Gasteiger partial charge < -0.3 is 4.74 Å². The van der Waals surface area contributed by atoms with Crippen LogP contribution in [0.15, 0.2) is 29.3 Å². The summed E-state index contributed by atoms with van der Waals surface area (Å²) in [6.07, 6.45) is 3.18. The number of methoxy groups -OCH3 is 1. The molecule has 2 rings (SSSR count). The Morgan fingerprint density at radius 1 is 1.56 bits per heavy atom. The fraction of sp³-hybridized carbons (Fsp3) is 0.182. The van der Waals surface area contributed by atoms with E-state index < -0.39 is 0 Å². The minimum absolute atomic E-state index is 0.196. The molecule has 0 aromatic heterocycles. The summed E-state index contributed by atoms with van der Waals surface area (Å²) in [6.45, 7) is -0.196. The summed E-state index contributed by atoms with van der Waals surface area (Å²) in [5, 5.41) is 10.3. The number of fused-ring (bicyclic) bond motifs is 1. The molecule has 0 saturated heterocycles. The maximum Gasteiger partial charge on any atom is 0.223 e. The van der Waals surface area contributed by atoms with Gasteiger partial charge in [0, 0.05) is 22.3 Å². The Hall–Kier alpha value is -2.17. The van der Waals surface area contributed by atoms with Crippen molar-refractivity contribution < 1.29 is 9.66 Å². The fourth-order valence-corrected chi connectivity index (χ4v) is 1.53. The Kier molecular flexibility index (Phi) is 2.68. The van der Waals surface area contributed by atoms with Crippen molar-refractivity contribution in [2.24, 2.45) is 4.99 Å². The van der Waals surface area contributed by atoms with E-state index in [1.165, 1.54) is 0 Å². The van der Waals surface area contributed by atoms with Crippen LogP contribution in [0.3, 0.4) is 0 Å². The highest BCUT2D eigenvalue weighted by Crippen LogP contribution is 2.34. The molecule has 1 aromatic carbocycles. The average Bonchev–Trinajstić information content (AvgIpc) is 2.68. The van der Waals surface area contributed by atoms with Gasteiger partial charge in [-0.2, -0.15) is 0 Å². The lowest BCUT2D eigenvalue weighted by atomic mass is 10.1. The Morgan fingerprint density at radius 2 is 2.38 bits per heavy atom. The van der Waals surface area contributed by atoms with Gasteiger partial charge in [-0.15, -0.1) is 0 Å².